The molecule has 0 spiro atoms. The maximum absolute atomic E-state index is 10.2. The summed E-state index contributed by atoms with van der Waals surface area (Å²) in [5.41, 5.74) is 3.98. The first-order valence-corrected chi connectivity index (χ1v) is 7.47. The molecule has 3 aromatic rings. The molecule has 23 heavy (non-hydrogen) atoms. The molecule has 0 bridgehead atoms. The summed E-state index contributed by atoms with van der Waals surface area (Å²) in [7, 11) is 0. The lowest BCUT2D eigenvalue weighted by molar-refractivity contribution is 0.468. The average molecular weight is 306 g/mol. The summed E-state index contributed by atoms with van der Waals surface area (Å²) in [5.74, 6) is 0.761. The van der Waals surface area contributed by atoms with Crippen LogP contribution in [-0.2, 0) is 12.8 Å². The number of aromatic hydroxyl groups is 3. The van der Waals surface area contributed by atoms with Crippen LogP contribution in [-0.4, -0.2) is 15.3 Å². The molecule has 3 rings (SSSR count). The van der Waals surface area contributed by atoms with E-state index in [9.17, 15) is 15.3 Å². The van der Waals surface area contributed by atoms with Gasteiger partial charge < -0.3 is 15.3 Å². The molecule has 3 N–H and O–H groups in total. The van der Waals surface area contributed by atoms with Crippen LogP contribution in [0.15, 0.2) is 66.7 Å². The highest BCUT2D eigenvalue weighted by Crippen LogP contribution is 2.24. The first kappa shape index (κ1) is 15.0. The fourth-order valence-corrected chi connectivity index (χ4v) is 2.55. The quantitative estimate of drug-likeness (QED) is 0.683. The van der Waals surface area contributed by atoms with E-state index in [1.54, 1.807) is 30.3 Å². The van der Waals surface area contributed by atoms with Crippen LogP contribution in [0, 0.1) is 0 Å². The van der Waals surface area contributed by atoms with Gasteiger partial charge in [0.15, 0.2) is 0 Å². The summed E-state index contributed by atoms with van der Waals surface area (Å²) in [6, 6.07) is 19.8. The van der Waals surface area contributed by atoms with Crippen molar-refractivity contribution in [1.29, 1.82) is 0 Å². The number of hydrogen-bond donors (Lipinski definition) is 3. The predicted octanol–water partition coefficient (Wildman–Crippen LogP) is 3.99. The molecular formula is C20H18O3. The summed E-state index contributed by atoms with van der Waals surface area (Å²) < 4.78 is 0. The second-order valence-electron chi connectivity index (χ2n) is 5.65. The fraction of sp³-hybridized carbons (Fsp3) is 0.100. The van der Waals surface area contributed by atoms with Crippen LogP contribution in [0.2, 0.25) is 0 Å². The Balaban J connectivity index is 1.75. The van der Waals surface area contributed by atoms with Crippen LogP contribution in [0.5, 0.6) is 17.2 Å². The Morgan fingerprint density at radius 1 is 0.522 bits per heavy atom. The van der Waals surface area contributed by atoms with E-state index in [0.717, 1.165) is 22.3 Å². The maximum Gasteiger partial charge on any atom is 0.119 e. The van der Waals surface area contributed by atoms with Crippen molar-refractivity contribution in [3.8, 4) is 17.2 Å². The summed E-state index contributed by atoms with van der Waals surface area (Å²) in [6.07, 6.45) is 1.32. The predicted molar refractivity (Wildman–Crippen MR) is 89.9 cm³/mol. The topological polar surface area (TPSA) is 60.7 Å². The van der Waals surface area contributed by atoms with E-state index in [1.807, 2.05) is 36.4 Å². The minimum Gasteiger partial charge on any atom is -0.508 e. The molecule has 3 heteroatoms. The molecule has 0 atom stereocenters. The van der Waals surface area contributed by atoms with Crippen molar-refractivity contribution in [2.24, 2.45) is 0 Å². The molecule has 0 saturated carbocycles. The third-order valence-corrected chi connectivity index (χ3v) is 3.83. The van der Waals surface area contributed by atoms with Crippen LogP contribution in [0.4, 0.5) is 0 Å². The van der Waals surface area contributed by atoms with Crippen LogP contribution >= 0.6 is 0 Å². The minimum absolute atomic E-state index is 0.238. The van der Waals surface area contributed by atoms with Gasteiger partial charge in [0.05, 0.1) is 0 Å². The number of rotatable bonds is 4. The number of benzene rings is 3. The number of phenols is 3. The Hall–Kier alpha value is -2.94. The Bertz CT molecular complexity index is 790. The molecule has 0 heterocycles. The van der Waals surface area contributed by atoms with E-state index in [2.05, 4.69) is 0 Å². The molecule has 0 aliphatic carbocycles. The van der Waals surface area contributed by atoms with Gasteiger partial charge >= 0.3 is 0 Å². The summed E-state index contributed by atoms with van der Waals surface area (Å²) in [6.45, 7) is 0. The van der Waals surface area contributed by atoms with Crippen molar-refractivity contribution in [2.45, 2.75) is 12.8 Å². The highest BCUT2D eigenvalue weighted by molar-refractivity contribution is 5.42. The van der Waals surface area contributed by atoms with Crippen LogP contribution in [0.25, 0.3) is 0 Å². The zero-order valence-electron chi connectivity index (χ0n) is 12.6. The van der Waals surface area contributed by atoms with Crippen molar-refractivity contribution in [3.63, 3.8) is 0 Å². The molecule has 116 valence electrons. The zero-order valence-corrected chi connectivity index (χ0v) is 12.6. The zero-order chi connectivity index (χ0) is 16.2. The van der Waals surface area contributed by atoms with Gasteiger partial charge in [-0.15, -0.1) is 0 Å². The van der Waals surface area contributed by atoms with Gasteiger partial charge in [0.1, 0.15) is 17.2 Å². The van der Waals surface area contributed by atoms with E-state index in [0.29, 0.717) is 12.8 Å². The van der Waals surface area contributed by atoms with E-state index < -0.39 is 0 Å². The number of hydrogen-bond acceptors (Lipinski definition) is 3. The molecular weight excluding hydrogens is 288 g/mol. The Morgan fingerprint density at radius 2 is 1.00 bits per heavy atom. The highest BCUT2D eigenvalue weighted by Gasteiger charge is 2.05. The third kappa shape index (κ3) is 3.83. The Labute approximate surface area is 135 Å². The van der Waals surface area contributed by atoms with Crippen molar-refractivity contribution in [1.82, 2.24) is 0 Å². The van der Waals surface area contributed by atoms with E-state index in [-0.39, 0.29) is 17.2 Å². The van der Waals surface area contributed by atoms with Crippen molar-refractivity contribution < 1.29 is 15.3 Å². The standard InChI is InChI=1S/C20H18O3/c21-18-7-2-14(3-8-18)11-16-1-6-17(20(23)13-16)12-15-4-9-19(22)10-5-15/h1-10,13,21-23H,11-12H2. The molecule has 0 fully saturated rings. The lowest BCUT2D eigenvalue weighted by Crippen LogP contribution is -1.92. The van der Waals surface area contributed by atoms with Crippen LogP contribution in [0.1, 0.15) is 22.3 Å². The molecule has 0 aliphatic rings. The van der Waals surface area contributed by atoms with Crippen molar-refractivity contribution >= 4 is 0 Å². The van der Waals surface area contributed by atoms with Gasteiger partial charge in [0, 0.05) is 6.42 Å². The molecule has 3 nitrogen and oxygen atoms in total. The first-order chi connectivity index (χ1) is 11.1. The largest absolute Gasteiger partial charge is 0.508 e. The Morgan fingerprint density at radius 3 is 1.52 bits per heavy atom. The molecule has 0 aromatic heterocycles. The normalized spacial score (nSPS) is 10.6. The first-order valence-electron chi connectivity index (χ1n) is 7.47. The average Bonchev–Trinajstić information content (AvgIpc) is 2.54. The van der Waals surface area contributed by atoms with Gasteiger partial charge in [-0.05, 0) is 59.0 Å². The van der Waals surface area contributed by atoms with Gasteiger partial charge in [0.25, 0.3) is 0 Å². The summed E-state index contributed by atoms with van der Waals surface area (Å²) >= 11 is 0. The van der Waals surface area contributed by atoms with E-state index >= 15 is 0 Å². The molecule has 3 aromatic carbocycles. The van der Waals surface area contributed by atoms with Gasteiger partial charge in [0.2, 0.25) is 0 Å². The molecule has 0 aliphatic heterocycles. The van der Waals surface area contributed by atoms with Crippen molar-refractivity contribution in [2.75, 3.05) is 0 Å². The van der Waals surface area contributed by atoms with E-state index in [4.69, 9.17) is 0 Å². The summed E-state index contributed by atoms with van der Waals surface area (Å²) in [5, 5.41) is 28.9. The highest BCUT2D eigenvalue weighted by atomic mass is 16.3. The molecule has 0 amide bonds. The van der Waals surface area contributed by atoms with Gasteiger partial charge in [-0.2, -0.15) is 0 Å². The lowest BCUT2D eigenvalue weighted by atomic mass is 9.99. The van der Waals surface area contributed by atoms with Crippen LogP contribution < -0.4 is 0 Å². The van der Waals surface area contributed by atoms with Crippen LogP contribution in [0.3, 0.4) is 0 Å². The second kappa shape index (κ2) is 6.44. The van der Waals surface area contributed by atoms with Gasteiger partial charge in [-0.3, -0.25) is 0 Å². The third-order valence-electron chi connectivity index (χ3n) is 3.83. The smallest absolute Gasteiger partial charge is 0.119 e. The maximum atomic E-state index is 10.2. The van der Waals surface area contributed by atoms with E-state index in [1.165, 1.54) is 0 Å². The summed E-state index contributed by atoms with van der Waals surface area (Å²) in [4.78, 5) is 0. The number of phenolic OH excluding ortho intramolecular Hbond substituents is 3. The SMILES string of the molecule is Oc1ccc(Cc2ccc(Cc3ccc(O)cc3)c(O)c2)cc1. The fourth-order valence-electron chi connectivity index (χ4n) is 2.55. The monoisotopic (exact) mass is 306 g/mol. The molecule has 0 saturated heterocycles. The Kier molecular flexibility index (Phi) is 4.20. The lowest BCUT2D eigenvalue weighted by Gasteiger charge is -2.08. The minimum atomic E-state index is 0.238. The molecule has 0 radical (unpaired) electrons. The van der Waals surface area contributed by atoms with Gasteiger partial charge in [-0.1, -0.05) is 36.4 Å². The molecule has 0 unspecified atom stereocenters. The van der Waals surface area contributed by atoms with Crippen molar-refractivity contribution in [3.05, 3.63) is 89.0 Å². The second-order valence-corrected chi connectivity index (χ2v) is 5.65. The van der Waals surface area contributed by atoms with Gasteiger partial charge in [-0.25, -0.2) is 0 Å².